The fourth-order valence-electron chi connectivity index (χ4n) is 2.97. The third kappa shape index (κ3) is 5.05. The van der Waals surface area contributed by atoms with Crippen molar-refractivity contribution in [2.24, 2.45) is 0 Å². The van der Waals surface area contributed by atoms with Gasteiger partial charge in [-0.3, -0.25) is 4.98 Å². The molecule has 3 rings (SSSR count). The number of rotatable bonds is 6. The number of pyridine rings is 1. The molecule has 1 fully saturated rings. The van der Waals surface area contributed by atoms with Gasteiger partial charge in [0.05, 0.1) is 4.90 Å². The van der Waals surface area contributed by atoms with Crippen molar-refractivity contribution >= 4 is 45.6 Å². The Morgan fingerprint density at radius 1 is 1.24 bits per heavy atom. The Bertz CT molecular complexity index is 786. The Kier molecular flexibility index (Phi) is 8.57. The van der Waals surface area contributed by atoms with Crippen molar-refractivity contribution in [3.63, 3.8) is 0 Å². The van der Waals surface area contributed by atoms with Crippen LogP contribution in [0.3, 0.4) is 0 Å². The molecule has 1 aromatic heterocycles. The van der Waals surface area contributed by atoms with E-state index in [0.717, 1.165) is 36.6 Å². The summed E-state index contributed by atoms with van der Waals surface area (Å²) in [5.41, 5.74) is 0. The van der Waals surface area contributed by atoms with Crippen LogP contribution < -0.4 is 5.32 Å². The number of halogens is 2. The molecule has 0 spiro atoms. The fourth-order valence-corrected chi connectivity index (χ4v) is 4.50. The molecule has 0 unspecified atom stereocenters. The highest BCUT2D eigenvalue weighted by molar-refractivity contribution is 7.89. The third-order valence-electron chi connectivity index (χ3n) is 4.36. The standard InChI is InChI=1S/C17H23N3O2S.2ClH/c1-2-3-8-19-16-7-10-20(13-16)23(21,22)17-5-4-15-12-18-9-6-14(15)11-17;;/h4-6,9,11-12,16,19H,2-3,7-8,10,13H2,1H3;2*1H/t16-;;/m0../s1. The number of nitrogens with zero attached hydrogens (tertiary/aromatic N) is 2. The molecular formula is C17H25Cl2N3O2S. The van der Waals surface area contributed by atoms with Gasteiger partial charge in [0, 0.05) is 36.9 Å². The minimum atomic E-state index is -3.42. The predicted molar refractivity (Wildman–Crippen MR) is 106 cm³/mol. The van der Waals surface area contributed by atoms with Gasteiger partial charge in [-0.05, 0) is 43.0 Å². The zero-order valence-electron chi connectivity index (χ0n) is 14.2. The van der Waals surface area contributed by atoms with Crippen LogP contribution in [0.25, 0.3) is 10.8 Å². The first-order valence-electron chi connectivity index (χ1n) is 8.18. The van der Waals surface area contributed by atoms with Crippen molar-refractivity contribution in [1.29, 1.82) is 0 Å². The molecule has 0 radical (unpaired) electrons. The van der Waals surface area contributed by atoms with Gasteiger partial charge in [-0.1, -0.05) is 19.4 Å². The number of fused-ring (bicyclic) bond motifs is 1. The van der Waals surface area contributed by atoms with Crippen LogP contribution in [0.5, 0.6) is 0 Å². The summed E-state index contributed by atoms with van der Waals surface area (Å²) in [6, 6.07) is 7.35. The van der Waals surface area contributed by atoms with E-state index in [2.05, 4.69) is 17.2 Å². The average Bonchev–Trinajstić information content (AvgIpc) is 3.04. The van der Waals surface area contributed by atoms with Crippen molar-refractivity contribution in [3.8, 4) is 0 Å². The van der Waals surface area contributed by atoms with Crippen LogP contribution in [0, 0.1) is 0 Å². The van der Waals surface area contributed by atoms with Gasteiger partial charge >= 0.3 is 0 Å². The number of nitrogens with one attached hydrogen (secondary N) is 1. The molecule has 1 N–H and O–H groups in total. The summed E-state index contributed by atoms with van der Waals surface area (Å²) in [7, 11) is -3.42. The zero-order valence-corrected chi connectivity index (χ0v) is 16.7. The van der Waals surface area contributed by atoms with Gasteiger partial charge in [-0.15, -0.1) is 24.8 Å². The van der Waals surface area contributed by atoms with Crippen LogP contribution in [-0.2, 0) is 10.0 Å². The summed E-state index contributed by atoms with van der Waals surface area (Å²) in [5, 5.41) is 5.30. The summed E-state index contributed by atoms with van der Waals surface area (Å²) < 4.78 is 27.3. The van der Waals surface area contributed by atoms with Crippen molar-refractivity contribution < 1.29 is 8.42 Å². The molecule has 0 saturated carbocycles. The van der Waals surface area contributed by atoms with Crippen LogP contribution in [-0.4, -0.2) is 43.4 Å². The van der Waals surface area contributed by atoms with E-state index in [4.69, 9.17) is 0 Å². The van der Waals surface area contributed by atoms with Crippen molar-refractivity contribution in [3.05, 3.63) is 36.7 Å². The summed E-state index contributed by atoms with van der Waals surface area (Å²) >= 11 is 0. The molecule has 2 heterocycles. The molecule has 1 atom stereocenters. The van der Waals surface area contributed by atoms with Crippen LogP contribution in [0.4, 0.5) is 0 Å². The number of hydrogen-bond acceptors (Lipinski definition) is 4. The summed E-state index contributed by atoms with van der Waals surface area (Å²) in [5.74, 6) is 0. The maximum Gasteiger partial charge on any atom is 0.243 e. The fraction of sp³-hybridized carbons (Fsp3) is 0.471. The third-order valence-corrected chi connectivity index (χ3v) is 6.23. The molecule has 1 aliphatic heterocycles. The van der Waals surface area contributed by atoms with E-state index in [1.54, 1.807) is 28.8 Å². The first-order valence-corrected chi connectivity index (χ1v) is 9.62. The average molecular weight is 406 g/mol. The maximum atomic E-state index is 12.8. The van der Waals surface area contributed by atoms with E-state index < -0.39 is 10.0 Å². The zero-order chi connectivity index (χ0) is 16.3. The summed E-state index contributed by atoms with van der Waals surface area (Å²) in [4.78, 5) is 4.43. The SMILES string of the molecule is CCCCN[C@H]1CCN(S(=O)(=O)c2ccc3cnccc3c2)C1.Cl.Cl. The quantitative estimate of drug-likeness (QED) is 0.749. The van der Waals surface area contributed by atoms with Crippen molar-refractivity contribution in [2.75, 3.05) is 19.6 Å². The van der Waals surface area contributed by atoms with E-state index in [0.29, 0.717) is 18.0 Å². The highest BCUT2D eigenvalue weighted by atomic mass is 35.5. The molecular weight excluding hydrogens is 381 g/mol. The number of benzene rings is 1. The maximum absolute atomic E-state index is 12.8. The number of unbranched alkanes of at least 4 members (excludes halogenated alkanes) is 1. The molecule has 1 aliphatic rings. The Labute approximate surface area is 162 Å². The normalized spacial score (nSPS) is 17.9. The smallest absolute Gasteiger partial charge is 0.243 e. The Morgan fingerprint density at radius 2 is 2.04 bits per heavy atom. The summed E-state index contributed by atoms with van der Waals surface area (Å²) in [6.07, 6.45) is 6.58. The van der Waals surface area contributed by atoms with Gasteiger partial charge in [0.1, 0.15) is 0 Å². The highest BCUT2D eigenvalue weighted by Gasteiger charge is 2.32. The molecule has 25 heavy (non-hydrogen) atoms. The van der Waals surface area contributed by atoms with E-state index in [-0.39, 0.29) is 30.9 Å². The highest BCUT2D eigenvalue weighted by Crippen LogP contribution is 2.24. The van der Waals surface area contributed by atoms with E-state index in [1.807, 2.05) is 12.1 Å². The molecule has 2 aromatic rings. The van der Waals surface area contributed by atoms with Crippen LogP contribution >= 0.6 is 24.8 Å². The van der Waals surface area contributed by atoms with Gasteiger partial charge in [0.15, 0.2) is 0 Å². The minimum absolute atomic E-state index is 0. The lowest BCUT2D eigenvalue weighted by molar-refractivity contribution is 0.455. The van der Waals surface area contributed by atoms with Gasteiger partial charge in [0.2, 0.25) is 10.0 Å². The van der Waals surface area contributed by atoms with E-state index in [1.165, 1.54) is 0 Å². The van der Waals surface area contributed by atoms with Gasteiger partial charge in [-0.2, -0.15) is 4.31 Å². The Balaban J connectivity index is 0.00000156. The van der Waals surface area contributed by atoms with E-state index in [9.17, 15) is 8.42 Å². The lowest BCUT2D eigenvalue weighted by Gasteiger charge is -2.17. The minimum Gasteiger partial charge on any atom is -0.313 e. The molecule has 5 nitrogen and oxygen atoms in total. The second-order valence-corrected chi connectivity index (χ2v) is 7.98. The van der Waals surface area contributed by atoms with E-state index >= 15 is 0 Å². The second-order valence-electron chi connectivity index (χ2n) is 6.04. The largest absolute Gasteiger partial charge is 0.313 e. The first kappa shape index (κ1) is 22.1. The molecule has 1 saturated heterocycles. The van der Waals surface area contributed by atoms with Crippen molar-refractivity contribution in [1.82, 2.24) is 14.6 Å². The Hall–Kier alpha value is -0.920. The second kappa shape index (κ2) is 9.69. The number of hydrogen-bond donors (Lipinski definition) is 1. The van der Waals surface area contributed by atoms with Crippen LogP contribution in [0.1, 0.15) is 26.2 Å². The lowest BCUT2D eigenvalue weighted by Crippen LogP contribution is -2.35. The van der Waals surface area contributed by atoms with Gasteiger partial charge < -0.3 is 5.32 Å². The molecule has 0 amide bonds. The predicted octanol–water partition coefficient (Wildman–Crippen LogP) is 3.23. The van der Waals surface area contributed by atoms with Crippen LogP contribution in [0.15, 0.2) is 41.6 Å². The molecule has 1 aromatic carbocycles. The monoisotopic (exact) mass is 405 g/mol. The summed E-state index contributed by atoms with van der Waals surface area (Å²) in [6.45, 7) is 4.25. The molecule has 8 heteroatoms. The molecule has 140 valence electrons. The molecule has 0 aliphatic carbocycles. The number of sulfonamides is 1. The number of aromatic nitrogens is 1. The Morgan fingerprint density at radius 3 is 2.80 bits per heavy atom. The first-order chi connectivity index (χ1) is 11.1. The van der Waals surface area contributed by atoms with Gasteiger partial charge in [-0.25, -0.2) is 8.42 Å². The topological polar surface area (TPSA) is 62.3 Å². The van der Waals surface area contributed by atoms with Crippen molar-refractivity contribution in [2.45, 2.75) is 37.1 Å². The van der Waals surface area contributed by atoms with Gasteiger partial charge in [0.25, 0.3) is 0 Å². The molecule has 0 bridgehead atoms. The lowest BCUT2D eigenvalue weighted by atomic mass is 10.2. The van der Waals surface area contributed by atoms with Crippen LogP contribution in [0.2, 0.25) is 0 Å².